The number of aryl methyl sites for hydroxylation is 2. The minimum atomic E-state index is -0.217. The lowest BCUT2D eigenvalue weighted by Crippen LogP contribution is -2.43. The van der Waals surface area contributed by atoms with Gasteiger partial charge in [0.05, 0.1) is 26.7 Å². The maximum atomic E-state index is 13.4. The van der Waals surface area contributed by atoms with Crippen molar-refractivity contribution in [2.75, 3.05) is 27.4 Å². The Kier molecular flexibility index (Phi) is 6.87. The highest BCUT2D eigenvalue weighted by Crippen LogP contribution is 2.38. The highest BCUT2D eigenvalue weighted by atomic mass is 16.5. The van der Waals surface area contributed by atoms with Crippen molar-refractivity contribution in [2.45, 2.75) is 32.7 Å². The summed E-state index contributed by atoms with van der Waals surface area (Å²) in [5.74, 6) is 2.27. The van der Waals surface area contributed by atoms with E-state index in [1.165, 1.54) is 0 Å². The summed E-state index contributed by atoms with van der Waals surface area (Å²) in [6, 6.07) is 19.9. The lowest BCUT2D eigenvalue weighted by molar-refractivity contribution is -0.134. The van der Waals surface area contributed by atoms with Gasteiger partial charge in [-0.25, -0.2) is 0 Å². The van der Waals surface area contributed by atoms with Crippen LogP contribution in [0.4, 0.5) is 0 Å². The summed E-state index contributed by atoms with van der Waals surface area (Å²) < 4.78 is 17.3. The van der Waals surface area contributed by atoms with Gasteiger partial charge in [0.2, 0.25) is 5.91 Å². The molecule has 5 nitrogen and oxygen atoms in total. The van der Waals surface area contributed by atoms with Gasteiger partial charge in [0.1, 0.15) is 12.4 Å². The van der Waals surface area contributed by atoms with Gasteiger partial charge in [-0.05, 0) is 72.4 Å². The molecule has 1 amide bonds. The van der Waals surface area contributed by atoms with Crippen LogP contribution in [-0.4, -0.2) is 38.2 Å². The van der Waals surface area contributed by atoms with Gasteiger partial charge >= 0.3 is 0 Å². The van der Waals surface area contributed by atoms with E-state index in [1.807, 2.05) is 59.5 Å². The highest BCUT2D eigenvalue weighted by molar-refractivity contribution is 5.79. The first-order valence-electron chi connectivity index (χ1n) is 11.3. The van der Waals surface area contributed by atoms with Gasteiger partial charge in [0.15, 0.2) is 11.5 Å². The second-order valence-electron chi connectivity index (χ2n) is 8.56. The largest absolute Gasteiger partial charge is 0.493 e. The van der Waals surface area contributed by atoms with Crippen LogP contribution in [0, 0.1) is 13.8 Å². The first kappa shape index (κ1) is 22.7. The third-order valence-electron chi connectivity index (χ3n) is 6.12. The number of carbonyl (C=O) groups excluding carboxylic acids is 1. The first-order chi connectivity index (χ1) is 16.0. The fourth-order valence-electron chi connectivity index (χ4n) is 4.57. The van der Waals surface area contributed by atoms with E-state index >= 15 is 0 Å². The molecule has 0 bridgehead atoms. The van der Waals surface area contributed by atoms with Crippen molar-refractivity contribution >= 4 is 5.91 Å². The summed E-state index contributed by atoms with van der Waals surface area (Å²) in [5, 5.41) is 0. The Bertz CT molecular complexity index is 1110. The van der Waals surface area contributed by atoms with Crippen molar-refractivity contribution in [1.82, 2.24) is 4.90 Å². The second-order valence-corrected chi connectivity index (χ2v) is 8.56. The van der Waals surface area contributed by atoms with Crippen molar-refractivity contribution in [3.8, 4) is 17.2 Å². The highest BCUT2D eigenvalue weighted by Gasteiger charge is 2.32. The molecule has 0 radical (unpaired) electrons. The van der Waals surface area contributed by atoms with Gasteiger partial charge in [0.25, 0.3) is 0 Å². The Morgan fingerprint density at radius 1 is 0.939 bits per heavy atom. The quantitative estimate of drug-likeness (QED) is 0.510. The lowest BCUT2D eigenvalue weighted by atomic mass is 9.91. The van der Waals surface area contributed by atoms with E-state index in [4.69, 9.17) is 14.2 Å². The average Bonchev–Trinajstić information content (AvgIpc) is 2.81. The second kappa shape index (κ2) is 9.99. The molecule has 4 rings (SSSR count). The number of amides is 1. The van der Waals surface area contributed by atoms with E-state index in [0.29, 0.717) is 31.1 Å². The van der Waals surface area contributed by atoms with Gasteiger partial charge in [-0.2, -0.15) is 0 Å². The van der Waals surface area contributed by atoms with Crippen LogP contribution in [0.1, 0.15) is 33.9 Å². The van der Waals surface area contributed by atoms with Crippen LogP contribution in [0.2, 0.25) is 0 Å². The number of rotatable bonds is 7. The van der Waals surface area contributed by atoms with Gasteiger partial charge < -0.3 is 19.1 Å². The molecule has 0 unspecified atom stereocenters. The third-order valence-corrected chi connectivity index (χ3v) is 6.12. The maximum Gasteiger partial charge on any atom is 0.227 e. The van der Waals surface area contributed by atoms with Crippen molar-refractivity contribution < 1.29 is 19.0 Å². The Morgan fingerprint density at radius 3 is 2.27 bits per heavy atom. The number of fused-ring (bicyclic) bond motifs is 1. The smallest absolute Gasteiger partial charge is 0.227 e. The molecular weight excluding hydrogens is 414 g/mol. The fraction of sp³-hybridized carbons (Fsp3) is 0.321. The number of hydrogen-bond acceptors (Lipinski definition) is 4. The molecule has 0 spiro atoms. The number of carbonyl (C=O) groups is 1. The summed E-state index contributed by atoms with van der Waals surface area (Å²) in [4.78, 5) is 15.3. The first-order valence-corrected chi connectivity index (χ1v) is 11.3. The summed E-state index contributed by atoms with van der Waals surface area (Å²) in [5.41, 5.74) is 5.51. The summed E-state index contributed by atoms with van der Waals surface area (Å²) in [7, 11) is 3.27. The van der Waals surface area contributed by atoms with Crippen molar-refractivity contribution in [1.29, 1.82) is 0 Å². The van der Waals surface area contributed by atoms with Crippen molar-refractivity contribution in [3.05, 3.63) is 88.5 Å². The summed E-state index contributed by atoms with van der Waals surface area (Å²) >= 11 is 0. The van der Waals surface area contributed by atoms with Crippen molar-refractivity contribution in [2.24, 2.45) is 0 Å². The van der Waals surface area contributed by atoms with E-state index < -0.39 is 0 Å². The zero-order chi connectivity index (χ0) is 23.4. The molecule has 172 valence electrons. The molecule has 0 aromatic heterocycles. The Balaban J connectivity index is 1.66. The molecule has 3 aromatic carbocycles. The van der Waals surface area contributed by atoms with Crippen molar-refractivity contribution in [3.63, 3.8) is 0 Å². The number of ether oxygens (including phenoxy) is 3. The molecule has 1 atom stereocenters. The minimum Gasteiger partial charge on any atom is -0.493 e. The SMILES string of the molecule is COc1cc2c(cc1OC)[C@@H](COc1cc(C)cc(C)c1)N(C(=O)Cc1ccccc1)CC2. The topological polar surface area (TPSA) is 48.0 Å². The van der Waals surface area contributed by atoms with Gasteiger partial charge in [-0.1, -0.05) is 36.4 Å². The van der Waals surface area contributed by atoms with E-state index in [9.17, 15) is 4.79 Å². The molecule has 0 saturated carbocycles. The van der Waals surface area contributed by atoms with Crippen LogP contribution in [0.15, 0.2) is 60.7 Å². The number of nitrogens with zero attached hydrogens (tertiary/aromatic N) is 1. The molecule has 1 heterocycles. The summed E-state index contributed by atoms with van der Waals surface area (Å²) in [6.07, 6.45) is 1.12. The molecule has 1 aliphatic heterocycles. The van der Waals surface area contributed by atoms with Gasteiger partial charge in [-0.3, -0.25) is 4.79 Å². The molecule has 33 heavy (non-hydrogen) atoms. The fourth-order valence-corrected chi connectivity index (χ4v) is 4.57. The van der Waals surface area contributed by atoms with Crippen LogP contribution in [0.5, 0.6) is 17.2 Å². The zero-order valence-electron chi connectivity index (χ0n) is 19.8. The van der Waals surface area contributed by atoms with Crippen LogP contribution in [0.25, 0.3) is 0 Å². The summed E-state index contributed by atoms with van der Waals surface area (Å²) in [6.45, 7) is 5.12. The lowest BCUT2D eigenvalue weighted by Gasteiger charge is -2.37. The van der Waals surface area contributed by atoms with Crippen LogP contribution in [0.3, 0.4) is 0 Å². The molecule has 0 aliphatic carbocycles. The minimum absolute atomic E-state index is 0.0932. The molecule has 0 saturated heterocycles. The van der Waals surface area contributed by atoms with Crippen LogP contribution >= 0.6 is 0 Å². The molecule has 1 aliphatic rings. The predicted octanol–water partition coefficient (Wildman–Crippen LogP) is 5.07. The Labute approximate surface area is 195 Å². The van der Waals surface area contributed by atoms with Gasteiger partial charge in [-0.15, -0.1) is 0 Å². The molecule has 5 heteroatoms. The number of methoxy groups -OCH3 is 2. The molecule has 3 aromatic rings. The predicted molar refractivity (Wildman–Crippen MR) is 129 cm³/mol. The zero-order valence-corrected chi connectivity index (χ0v) is 19.8. The third kappa shape index (κ3) is 5.14. The van der Waals surface area contributed by atoms with Crippen LogP contribution in [-0.2, 0) is 17.6 Å². The van der Waals surface area contributed by atoms with E-state index in [-0.39, 0.29) is 11.9 Å². The standard InChI is InChI=1S/C28H31NO4/c1-19-12-20(2)14-23(13-19)33-18-25-24-17-27(32-4)26(31-3)16-22(24)10-11-29(25)28(30)15-21-8-6-5-7-9-21/h5-9,12-14,16-17,25H,10-11,15,18H2,1-4H3/t25-/m1/s1. The van der Waals surface area contributed by atoms with Gasteiger partial charge in [0, 0.05) is 6.54 Å². The Morgan fingerprint density at radius 2 is 1.61 bits per heavy atom. The maximum absolute atomic E-state index is 13.4. The Hall–Kier alpha value is -3.47. The van der Waals surface area contributed by atoms with E-state index in [1.54, 1.807) is 14.2 Å². The molecular formula is C28H31NO4. The monoisotopic (exact) mass is 445 g/mol. The van der Waals surface area contributed by atoms with Crippen LogP contribution < -0.4 is 14.2 Å². The number of benzene rings is 3. The normalized spacial score (nSPS) is 15.0. The average molecular weight is 446 g/mol. The number of hydrogen-bond donors (Lipinski definition) is 0. The molecule has 0 fully saturated rings. The van der Waals surface area contributed by atoms with E-state index in [0.717, 1.165) is 40.0 Å². The van der Waals surface area contributed by atoms with E-state index in [2.05, 4.69) is 19.9 Å². The molecule has 0 N–H and O–H groups in total.